The highest BCUT2D eigenvalue weighted by Gasteiger charge is 2.29. The Morgan fingerprint density at radius 1 is 1.37 bits per heavy atom. The molecular formula is C11H14BrN5O2. The molecule has 0 fully saturated rings. The number of nitrogens with zero attached hydrogens (tertiary/aromatic N) is 5. The molecule has 0 bridgehead atoms. The molecule has 19 heavy (non-hydrogen) atoms. The van der Waals surface area contributed by atoms with Crippen molar-refractivity contribution in [3.8, 4) is 5.82 Å². The van der Waals surface area contributed by atoms with Gasteiger partial charge in [-0.05, 0) is 36.2 Å². The number of hydrogen-bond donors (Lipinski definition) is 0. The predicted octanol–water partition coefficient (Wildman–Crippen LogP) is 2.46. The Kier molecular flexibility index (Phi) is 3.44. The fourth-order valence-electron chi connectivity index (χ4n) is 2.05. The lowest BCUT2D eigenvalue weighted by atomic mass is 10.3. The van der Waals surface area contributed by atoms with E-state index in [1.54, 1.807) is 11.7 Å². The summed E-state index contributed by atoms with van der Waals surface area (Å²) >= 11 is 3.42. The van der Waals surface area contributed by atoms with Crippen molar-refractivity contribution in [2.75, 3.05) is 0 Å². The fourth-order valence-corrected chi connectivity index (χ4v) is 2.30. The molecule has 0 aliphatic carbocycles. The molecule has 0 radical (unpaired) electrons. The van der Waals surface area contributed by atoms with Crippen LogP contribution in [0, 0.1) is 24.0 Å². The molecule has 0 amide bonds. The summed E-state index contributed by atoms with van der Waals surface area (Å²) in [6, 6.07) is 0. The predicted molar refractivity (Wildman–Crippen MR) is 73.5 cm³/mol. The second-order valence-corrected chi connectivity index (χ2v) is 5.04. The molecule has 0 aliphatic rings. The lowest BCUT2D eigenvalue weighted by Crippen LogP contribution is -2.08. The number of rotatable bonds is 3. The zero-order chi connectivity index (χ0) is 14.3. The van der Waals surface area contributed by atoms with E-state index in [1.807, 2.05) is 20.8 Å². The van der Waals surface area contributed by atoms with Crippen molar-refractivity contribution < 1.29 is 4.92 Å². The minimum atomic E-state index is -0.397. The van der Waals surface area contributed by atoms with Crippen LogP contribution in [0.5, 0.6) is 0 Å². The molecule has 0 saturated heterocycles. The van der Waals surface area contributed by atoms with Crippen LogP contribution in [0.4, 0.5) is 5.69 Å². The van der Waals surface area contributed by atoms with Crippen LogP contribution in [0.1, 0.15) is 24.0 Å². The average Bonchev–Trinajstić information content (AvgIpc) is 2.81. The SMILES string of the molecule is CCc1nn(C)c(-n2nc(C)c(Br)c2C)c1[N+](=O)[O-]. The van der Waals surface area contributed by atoms with E-state index < -0.39 is 4.92 Å². The third kappa shape index (κ3) is 2.05. The third-order valence-electron chi connectivity index (χ3n) is 2.98. The van der Waals surface area contributed by atoms with Gasteiger partial charge in [-0.15, -0.1) is 0 Å². The van der Waals surface area contributed by atoms with E-state index in [1.165, 1.54) is 4.68 Å². The zero-order valence-corrected chi connectivity index (χ0v) is 12.7. The summed E-state index contributed by atoms with van der Waals surface area (Å²) in [6.07, 6.45) is 0.505. The van der Waals surface area contributed by atoms with Crippen LogP contribution in [0.25, 0.3) is 5.82 Å². The van der Waals surface area contributed by atoms with Crippen molar-refractivity contribution >= 4 is 21.6 Å². The van der Waals surface area contributed by atoms with Crippen LogP contribution in [-0.2, 0) is 13.5 Å². The van der Waals surface area contributed by atoms with Crippen LogP contribution in [0.15, 0.2) is 4.47 Å². The van der Waals surface area contributed by atoms with Crippen molar-refractivity contribution in [3.63, 3.8) is 0 Å². The van der Waals surface area contributed by atoms with E-state index in [2.05, 4.69) is 26.1 Å². The summed E-state index contributed by atoms with van der Waals surface area (Å²) in [7, 11) is 1.69. The first-order chi connectivity index (χ1) is 8.88. The molecule has 0 spiro atoms. The first kappa shape index (κ1) is 13.7. The number of aromatic nitrogens is 4. The van der Waals surface area contributed by atoms with Gasteiger partial charge in [-0.2, -0.15) is 10.2 Å². The molecule has 2 aromatic heterocycles. The molecule has 7 nitrogen and oxygen atoms in total. The van der Waals surface area contributed by atoms with E-state index in [9.17, 15) is 10.1 Å². The van der Waals surface area contributed by atoms with Gasteiger partial charge in [-0.25, -0.2) is 9.36 Å². The monoisotopic (exact) mass is 327 g/mol. The van der Waals surface area contributed by atoms with E-state index in [-0.39, 0.29) is 5.69 Å². The Morgan fingerprint density at radius 2 is 2.00 bits per heavy atom. The molecule has 2 aromatic rings. The van der Waals surface area contributed by atoms with Crippen molar-refractivity contribution in [1.82, 2.24) is 19.6 Å². The quantitative estimate of drug-likeness (QED) is 0.640. The van der Waals surface area contributed by atoms with Crippen molar-refractivity contribution in [2.45, 2.75) is 27.2 Å². The fraction of sp³-hybridized carbons (Fsp3) is 0.455. The number of hydrogen-bond acceptors (Lipinski definition) is 4. The van der Waals surface area contributed by atoms with Gasteiger partial charge in [0, 0.05) is 7.05 Å². The summed E-state index contributed by atoms with van der Waals surface area (Å²) in [6.45, 7) is 5.54. The molecule has 0 saturated carbocycles. The Morgan fingerprint density at radius 3 is 2.42 bits per heavy atom. The normalized spacial score (nSPS) is 11.0. The highest BCUT2D eigenvalue weighted by atomic mass is 79.9. The molecular weight excluding hydrogens is 314 g/mol. The smallest absolute Gasteiger partial charge is 0.258 e. The van der Waals surface area contributed by atoms with Crippen LogP contribution in [0.3, 0.4) is 0 Å². The second-order valence-electron chi connectivity index (χ2n) is 4.25. The Hall–Kier alpha value is -1.70. The summed E-state index contributed by atoms with van der Waals surface area (Å²) in [5.41, 5.74) is 2.08. The van der Waals surface area contributed by atoms with Gasteiger partial charge in [0.05, 0.1) is 20.8 Å². The minimum Gasteiger partial charge on any atom is -0.258 e. The lowest BCUT2D eigenvalue weighted by molar-refractivity contribution is -0.385. The molecule has 0 aliphatic heterocycles. The van der Waals surface area contributed by atoms with Gasteiger partial charge in [0.2, 0.25) is 5.82 Å². The summed E-state index contributed by atoms with van der Waals surface area (Å²) in [4.78, 5) is 10.9. The van der Waals surface area contributed by atoms with Crippen molar-refractivity contribution in [3.05, 3.63) is 31.7 Å². The van der Waals surface area contributed by atoms with Crippen LogP contribution < -0.4 is 0 Å². The van der Waals surface area contributed by atoms with Gasteiger partial charge in [0.15, 0.2) is 0 Å². The highest BCUT2D eigenvalue weighted by Crippen LogP contribution is 2.30. The second kappa shape index (κ2) is 4.76. The van der Waals surface area contributed by atoms with Crippen molar-refractivity contribution in [1.29, 1.82) is 0 Å². The Bertz CT molecular complexity index is 659. The topological polar surface area (TPSA) is 78.8 Å². The van der Waals surface area contributed by atoms with Gasteiger partial charge < -0.3 is 0 Å². The molecule has 8 heteroatoms. The van der Waals surface area contributed by atoms with Crippen LogP contribution >= 0.6 is 15.9 Å². The number of nitro groups is 1. The summed E-state index contributed by atoms with van der Waals surface area (Å²) < 4.78 is 3.91. The molecule has 102 valence electrons. The largest absolute Gasteiger partial charge is 0.336 e. The highest BCUT2D eigenvalue weighted by molar-refractivity contribution is 9.10. The van der Waals surface area contributed by atoms with E-state index in [4.69, 9.17) is 0 Å². The Labute approximate surface area is 118 Å². The first-order valence-electron chi connectivity index (χ1n) is 5.80. The maximum Gasteiger partial charge on any atom is 0.336 e. The molecule has 0 atom stereocenters. The molecule has 0 aromatic carbocycles. The van der Waals surface area contributed by atoms with Gasteiger partial charge in [-0.1, -0.05) is 6.92 Å². The minimum absolute atomic E-state index is 0.0168. The zero-order valence-electron chi connectivity index (χ0n) is 11.1. The van der Waals surface area contributed by atoms with Gasteiger partial charge >= 0.3 is 5.69 Å². The van der Waals surface area contributed by atoms with Crippen molar-refractivity contribution in [2.24, 2.45) is 7.05 Å². The van der Waals surface area contributed by atoms with E-state index in [0.717, 1.165) is 15.9 Å². The van der Waals surface area contributed by atoms with E-state index >= 15 is 0 Å². The maximum atomic E-state index is 11.3. The summed E-state index contributed by atoms with van der Waals surface area (Å²) in [5.74, 6) is 0.383. The molecule has 0 N–H and O–H groups in total. The molecule has 2 rings (SSSR count). The van der Waals surface area contributed by atoms with Gasteiger partial charge in [-0.3, -0.25) is 10.1 Å². The standard InChI is InChI=1S/C11H14BrN5O2/c1-5-8-10(17(18)19)11(15(4)14-8)16-7(3)9(12)6(2)13-16/h5H2,1-4H3. The van der Waals surface area contributed by atoms with Gasteiger partial charge in [0.25, 0.3) is 0 Å². The maximum absolute atomic E-state index is 11.3. The van der Waals surface area contributed by atoms with Crippen LogP contribution in [0.2, 0.25) is 0 Å². The average molecular weight is 328 g/mol. The number of halogens is 1. The summed E-state index contributed by atoms with van der Waals surface area (Å²) in [5, 5.41) is 19.8. The Balaban J connectivity index is 2.78. The molecule has 2 heterocycles. The third-order valence-corrected chi connectivity index (χ3v) is 4.13. The molecule has 0 unspecified atom stereocenters. The number of aryl methyl sites for hydroxylation is 3. The first-order valence-corrected chi connectivity index (χ1v) is 6.60. The van der Waals surface area contributed by atoms with E-state index in [0.29, 0.717) is 17.9 Å². The lowest BCUT2D eigenvalue weighted by Gasteiger charge is -2.03. The van der Waals surface area contributed by atoms with Gasteiger partial charge in [0.1, 0.15) is 5.69 Å². The van der Waals surface area contributed by atoms with Crippen LogP contribution in [-0.4, -0.2) is 24.5 Å².